The van der Waals surface area contributed by atoms with Crippen LogP contribution in [0.1, 0.15) is 0 Å². The maximum atomic E-state index is 6.49. The predicted molar refractivity (Wildman–Crippen MR) is 116 cm³/mol. The van der Waals surface area contributed by atoms with E-state index in [2.05, 4.69) is 15.0 Å². The fourth-order valence-electron chi connectivity index (χ4n) is 3.16. The second-order valence-corrected chi connectivity index (χ2v) is 7.05. The Balaban J connectivity index is 2.07. The number of pyridine rings is 1. The van der Waals surface area contributed by atoms with Gasteiger partial charge in [-0.2, -0.15) is 0 Å². The van der Waals surface area contributed by atoms with Crippen molar-refractivity contribution in [2.45, 2.75) is 0 Å². The van der Waals surface area contributed by atoms with Gasteiger partial charge in [-0.25, -0.2) is 15.0 Å². The number of halogens is 2. The first-order chi connectivity index (χ1) is 14.0. The average Bonchev–Trinajstić information content (AvgIpc) is 2.72. The summed E-state index contributed by atoms with van der Waals surface area (Å²) in [6, 6.07) is 12.7. The Morgan fingerprint density at radius 3 is 2.41 bits per heavy atom. The number of anilines is 1. The van der Waals surface area contributed by atoms with Gasteiger partial charge in [0.05, 0.1) is 25.3 Å². The van der Waals surface area contributed by atoms with Crippen molar-refractivity contribution < 1.29 is 9.47 Å². The van der Waals surface area contributed by atoms with E-state index < -0.39 is 0 Å². The maximum absolute atomic E-state index is 6.49. The first-order valence-corrected chi connectivity index (χ1v) is 9.36. The highest BCUT2D eigenvalue weighted by Crippen LogP contribution is 2.40. The van der Waals surface area contributed by atoms with Gasteiger partial charge in [-0.3, -0.25) is 0 Å². The summed E-state index contributed by atoms with van der Waals surface area (Å²) in [4.78, 5) is 13.1. The maximum Gasteiger partial charge on any atom is 0.165 e. The minimum absolute atomic E-state index is 0.313. The van der Waals surface area contributed by atoms with Crippen LogP contribution in [0.5, 0.6) is 11.5 Å². The molecule has 0 aliphatic carbocycles. The number of hydrogen-bond acceptors (Lipinski definition) is 6. The van der Waals surface area contributed by atoms with Crippen LogP contribution in [0.25, 0.3) is 33.4 Å². The number of aromatic nitrogens is 3. The number of nitrogens with two attached hydrogens (primary N) is 1. The summed E-state index contributed by atoms with van der Waals surface area (Å²) in [6.07, 6.45) is 1.38. The first-order valence-electron chi connectivity index (χ1n) is 8.61. The number of methoxy groups -OCH3 is 2. The van der Waals surface area contributed by atoms with Gasteiger partial charge in [-0.05, 0) is 36.4 Å². The molecule has 4 rings (SSSR count). The van der Waals surface area contributed by atoms with E-state index in [0.29, 0.717) is 44.1 Å². The lowest BCUT2D eigenvalue weighted by Gasteiger charge is -2.14. The van der Waals surface area contributed by atoms with E-state index in [1.54, 1.807) is 26.4 Å². The van der Waals surface area contributed by atoms with E-state index in [4.69, 9.17) is 38.4 Å². The van der Waals surface area contributed by atoms with Crippen LogP contribution < -0.4 is 15.2 Å². The molecule has 2 heterocycles. The van der Waals surface area contributed by atoms with Gasteiger partial charge in [0.2, 0.25) is 0 Å². The van der Waals surface area contributed by atoms with Crippen LogP contribution in [0.2, 0.25) is 10.0 Å². The smallest absolute Gasteiger partial charge is 0.165 e. The summed E-state index contributed by atoms with van der Waals surface area (Å²) in [5.41, 5.74) is 9.47. The Morgan fingerprint density at radius 1 is 0.862 bits per heavy atom. The van der Waals surface area contributed by atoms with E-state index in [0.717, 1.165) is 16.7 Å². The number of nitrogen functional groups attached to an aromatic ring is 1. The second kappa shape index (κ2) is 7.73. The lowest BCUT2D eigenvalue weighted by atomic mass is 9.99. The molecule has 2 aromatic heterocycles. The normalized spacial score (nSPS) is 10.9. The highest BCUT2D eigenvalue weighted by molar-refractivity contribution is 6.36. The van der Waals surface area contributed by atoms with Crippen molar-refractivity contribution in [2.75, 3.05) is 20.0 Å². The molecule has 0 amide bonds. The molecule has 0 radical (unpaired) electrons. The summed E-state index contributed by atoms with van der Waals surface area (Å²) in [7, 11) is 3.20. The molecule has 146 valence electrons. The van der Waals surface area contributed by atoms with E-state index in [1.807, 2.05) is 30.3 Å². The van der Waals surface area contributed by atoms with Crippen molar-refractivity contribution in [1.82, 2.24) is 15.0 Å². The fourth-order valence-corrected chi connectivity index (χ4v) is 3.67. The minimum Gasteiger partial charge on any atom is -0.497 e. The molecule has 0 fully saturated rings. The molecule has 2 aromatic carbocycles. The minimum atomic E-state index is 0.313. The van der Waals surface area contributed by atoms with Crippen LogP contribution in [0.3, 0.4) is 0 Å². The Hall–Kier alpha value is -3.09. The number of benzene rings is 2. The molecule has 0 saturated heterocycles. The molecule has 6 nitrogen and oxygen atoms in total. The molecule has 0 bridgehead atoms. The van der Waals surface area contributed by atoms with Crippen molar-refractivity contribution in [3.05, 3.63) is 58.8 Å². The Bertz CT molecular complexity index is 1230. The summed E-state index contributed by atoms with van der Waals surface area (Å²) in [5.74, 6) is 1.64. The Kier molecular flexibility index (Phi) is 5.13. The van der Waals surface area contributed by atoms with Gasteiger partial charge >= 0.3 is 0 Å². The molecule has 0 aliphatic rings. The third-order valence-corrected chi connectivity index (χ3v) is 5.09. The van der Waals surface area contributed by atoms with Gasteiger partial charge in [-0.1, -0.05) is 29.3 Å². The van der Waals surface area contributed by atoms with Crippen molar-refractivity contribution in [3.8, 4) is 33.9 Å². The Labute approximate surface area is 177 Å². The lowest BCUT2D eigenvalue weighted by molar-refractivity contribution is 0.404. The number of rotatable bonds is 4. The number of hydrogen-bond donors (Lipinski definition) is 1. The largest absolute Gasteiger partial charge is 0.497 e. The van der Waals surface area contributed by atoms with Gasteiger partial charge in [0.25, 0.3) is 0 Å². The van der Waals surface area contributed by atoms with E-state index in [1.165, 1.54) is 6.33 Å². The molecular formula is C21H16Cl2N4O2. The zero-order chi connectivity index (χ0) is 20.5. The van der Waals surface area contributed by atoms with Gasteiger partial charge in [0.15, 0.2) is 5.65 Å². The SMILES string of the molecule is COc1ccc(OC)c(-c2cc(-c3ccc(Cl)cc3Cl)c3c(N)ncnc3n2)c1. The van der Waals surface area contributed by atoms with E-state index >= 15 is 0 Å². The molecule has 0 spiro atoms. The van der Waals surface area contributed by atoms with Crippen molar-refractivity contribution in [1.29, 1.82) is 0 Å². The molecule has 29 heavy (non-hydrogen) atoms. The van der Waals surface area contributed by atoms with Crippen LogP contribution in [0.4, 0.5) is 5.82 Å². The summed E-state index contributed by atoms with van der Waals surface area (Å²) in [6.45, 7) is 0. The van der Waals surface area contributed by atoms with Gasteiger partial charge in [-0.15, -0.1) is 0 Å². The van der Waals surface area contributed by atoms with Gasteiger partial charge in [0, 0.05) is 26.7 Å². The zero-order valence-electron chi connectivity index (χ0n) is 15.6. The summed E-state index contributed by atoms with van der Waals surface area (Å²) < 4.78 is 10.9. The highest BCUT2D eigenvalue weighted by atomic mass is 35.5. The van der Waals surface area contributed by atoms with Gasteiger partial charge < -0.3 is 15.2 Å². The number of nitrogens with zero attached hydrogens (tertiary/aromatic N) is 3. The van der Waals surface area contributed by atoms with Crippen LogP contribution in [-0.4, -0.2) is 29.2 Å². The van der Waals surface area contributed by atoms with Crippen LogP contribution in [0.15, 0.2) is 48.8 Å². The van der Waals surface area contributed by atoms with E-state index in [-0.39, 0.29) is 0 Å². The second-order valence-electron chi connectivity index (χ2n) is 6.20. The highest BCUT2D eigenvalue weighted by Gasteiger charge is 2.18. The molecule has 4 aromatic rings. The predicted octanol–water partition coefficient (Wildman–Crippen LogP) is 5.27. The van der Waals surface area contributed by atoms with Crippen LogP contribution in [0, 0.1) is 0 Å². The topological polar surface area (TPSA) is 83.2 Å². The number of fused-ring (bicyclic) bond motifs is 1. The Morgan fingerprint density at radius 2 is 1.69 bits per heavy atom. The third kappa shape index (κ3) is 3.52. The average molecular weight is 427 g/mol. The van der Waals surface area contributed by atoms with E-state index in [9.17, 15) is 0 Å². The quantitative estimate of drug-likeness (QED) is 0.478. The monoisotopic (exact) mass is 426 g/mol. The van der Waals surface area contributed by atoms with Crippen molar-refractivity contribution >= 4 is 40.1 Å². The summed E-state index contributed by atoms with van der Waals surface area (Å²) in [5, 5.41) is 1.63. The molecule has 0 atom stereocenters. The standard InChI is InChI=1S/C21H16Cl2N4O2/c1-28-12-4-6-18(29-2)15(8-12)17-9-14(13-5-3-11(22)7-16(13)23)19-20(24)25-10-26-21(19)27-17/h3-10H,1-2H3,(H2,24,25,26,27). The van der Waals surface area contributed by atoms with Crippen molar-refractivity contribution in [2.24, 2.45) is 0 Å². The zero-order valence-corrected chi connectivity index (χ0v) is 17.1. The molecule has 0 unspecified atom stereocenters. The molecule has 2 N–H and O–H groups in total. The lowest BCUT2D eigenvalue weighted by Crippen LogP contribution is -2.00. The first kappa shape index (κ1) is 19.2. The number of ether oxygens (including phenoxy) is 2. The van der Waals surface area contributed by atoms with Gasteiger partial charge in [0.1, 0.15) is 23.6 Å². The molecular weight excluding hydrogens is 411 g/mol. The molecule has 8 heteroatoms. The molecule has 0 saturated carbocycles. The van der Waals surface area contributed by atoms with Crippen molar-refractivity contribution in [3.63, 3.8) is 0 Å². The third-order valence-electron chi connectivity index (χ3n) is 4.54. The fraction of sp³-hybridized carbons (Fsp3) is 0.0952. The summed E-state index contributed by atoms with van der Waals surface area (Å²) >= 11 is 12.6. The van der Waals surface area contributed by atoms with Crippen LogP contribution >= 0.6 is 23.2 Å². The van der Waals surface area contributed by atoms with Crippen LogP contribution in [-0.2, 0) is 0 Å². The molecule has 0 aliphatic heterocycles.